The van der Waals surface area contributed by atoms with E-state index in [1.807, 2.05) is 0 Å². The minimum atomic E-state index is 0.0607. The average Bonchev–Trinajstić information content (AvgIpc) is 2.19. The van der Waals surface area contributed by atoms with Gasteiger partial charge in [-0.25, -0.2) is 4.98 Å². The number of nitrogens with zero attached hydrogens (tertiary/aromatic N) is 2. The van der Waals surface area contributed by atoms with E-state index >= 15 is 0 Å². The Morgan fingerprint density at radius 2 is 2.31 bits per heavy atom. The van der Waals surface area contributed by atoms with E-state index in [4.69, 9.17) is 9.84 Å². The van der Waals surface area contributed by atoms with Gasteiger partial charge in [0, 0.05) is 18.9 Å². The summed E-state index contributed by atoms with van der Waals surface area (Å²) in [6, 6.07) is 0. The summed E-state index contributed by atoms with van der Waals surface area (Å²) in [7, 11) is 0. The molecule has 0 aliphatic carbocycles. The van der Waals surface area contributed by atoms with Gasteiger partial charge in [0.1, 0.15) is 5.82 Å². The van der Waals surface area contributed by atoms with Crippen molar-refractivity contribution in [2.24, 2.45) is 0 Å². The molecule has 0 saturated heterocycles. The van der Waals surface area contributed by atoms with Crippen molar-refractivity contribution in [1.29, 1.82) is 0 Å². The molecular formula is C8H13N3O2. The Labute approximate surface area is 76.8 Å². The number of nitrogens with one attached hydrogen (secondary N) is 1. The quantitative estimate of drug-likeness (QED) is 0.603. The lowest BCUT2D eigenvalue weighted by molar-refractivity contribution is 0.0992. The zero-order valence-electron chi connectivity index (χ0n) is 7.31. The Bertz CT molecular complexity index is 218. The smallest absolute Gasteiger partial charge is 0.144 e. The van der Waals surface area contributed by atoms with E-state index in [-0.39, 0.29) is 6.61 Å². The van der Waals surface area contributed by atoms with Crippen LogP contribution in [0.4, 0.5) is 5.82 Å². The van der Waals surface area contributed by atoms with Crippen LogP contribution < -0.4 is 5.32 Å². The van der Waals surface area contributed by atoms with Crippen molar-refractivity contribution in [3.05, 3.63) is 18.6 Å². The topological polar surface area (TPSA) is 67.3 Å². The summed E-state index contributed by atoms with van der Waals surface area (Å²) in [6.07, 6.45) is 4.89. The molecule has 5 nitrogen and oxygen atoms in total. The molecule has 0 bridgehead atoms. The summed E-state index contributed by atoms with van der Waals surface area (Å²) in [6.45, 7) is 1.66. The van der Waals surface area contributed by atoms with E-state index in [0.29, 0.717) is 19.8 Å². The monoisotopic (exact) mass is 183 g/mol. The van der Waals surface area contributed by atoms with Gasteiger partial charge in [-0.05, 0) is 0 Å². The van der Waals surface area contributed by atoms with Gasteiger partial charge in [0.15, 0.2) is 0 Å². The molecule has 0 spiro atoms. The van der Waals surface area contributed by atoms with Crippen LogP contribution in [0, 0.1) is 0 Å². The molecule has 1 rings (SSSR count). The summed E-state index contributed by atoms with van der Waals surface area (Å²) >= 11 is 0. The van der Waals surface area contributed by atoms with Crippen molar-refractivity contribution < 1.29 is 9.84 Å². The predicted octanol–water partition coefficient (Wildman–Crippen LogP) is -0.103. The summed E-state index contributed by atoms with van der Waals surface area (Å²) < 4.78 is 5.04. The zero-order chi connectivity index (χ0) is 9.36. The molecule has 0 amide bonds. The Balaban J connectivity index is 2.07. The Hall–Kier alpha value is -1.20. The van der Waals surface area contributed by atoms with Crippen molar-refractivity contribution in [3.63, 3.8) is 0 Å². The van der Waals surface area contributed by atoms with Crippen LogP contribution in [0.3, 0.4) is 0 Å². The van der Waals surface area contributed by atoms with Crippen LogP contribution in [-0.2, 0) is 4.74 Å². The number of aliphatic hydroxyl groups excluding tert-OH is 1. The van der Waals surface area contributed by atoms with Gasteiger partial charge in [0.2, 0.25) is 0 Å². The lowest BCUT2D eigenvalue weighted by Crippen LogP contribution is -2.12. The van der Waals surface area contributed by atoms with Crippen molar-refractivity contribution in [1.82, 2.24) is 9.97 Å². The standard InChI is InChI=1S/C8H13N3O2/c12-4-6-13-5-3-11-8-7-9-1-2-10-8/h1-2,7,12H,3-6H2,(H,10,11). The molecule has 1 aromatic rings. The molecule has 2 N–H and O–H groups in total. The van der Waals surface area contributed by atoms with Crippen LogP contribution >= 0.6 is 0 Å². The van der Waals surface area contributed by atoms with E-state index in [2.05, 4.69) is 15.3 Å². The highest BCUT2D eigenvalue weighted by Gasteiger charge is 1.90. The Morgan fingerprint density at radius 1 is 1.38 bits per heavy atom. The maximum Gasteiger partial charge on any atom is 0.144 e. The van der Waals surface area contributed by atoms with Crippen molar-refractivity contribution >= 4 is 5.82 Å². The first-order chi connectivity index (χ1) is 6.43. The minimum Gasteiger partial charge on any atom is -0.394 e. The molecule has 13 heavy (non-hydrogen) atoms. The van der Waals surface area contributed by atoms with Crippen LogP contribution in [0.2, 0.25) is 0 Å². The van der Waals surface area contributed by atoms with Gasteiger partial charge in [0.05, 0.1) is 26.0 Å². The van der Waals surface area contributed by atoms with Gasteiger partial charge in [-0.3, -0.25) is 4.98 Å². The summed E-state index contributed by atoms with van der Waals surface area (Å²) in [5.41, 5.74) is 0. The van der Waals surface area contributed by atoms with Gasteiger partial charge in [0.25, 0.3) is 0 Å². The largest absolute Gasteiger partial charge is 0.394 e. The minimum absolute atomic E-state index is 0.0607. The summed E-state index contributed by atoms with van der Waals surface area (Å²) in [5, 5.41) is 11.4. The van der Waals surface area contributed by atoms with E-state index in [9.17, 15) is 0 Å². The van der Waals surface area contributed by atoms with E-state index in [1.165, 1.54) is 0 Å². The zero-order valence-corrected chi connectivity index (χ0v) is 7.31. The number of hydrogen-bond donors (Lipinski definition) is 2. The fourth-order valence-corrected chi connectivity index (χ4v) is 0.808. The predicted molar refractivity (Wildman–Crippen MR) is 48.4 cm³/mol. The van der Waals surface area contributed by atoms with Crippen molar-refractivity contribution in [3.8, 4) is 0 Å². The molecule has 5 heteroatoms. The van der Waals surface area contributed by atoms with Gasteiger partial charge in [-0.1, -0.05) is 0 Å². The first-order valence-corrected chi connectivity index (χ1v) is 4.12. The van der Waals surface area contributed by atoms with E-state index in [0.717, 1.165) is 5.82 Å². The summed E-state index contributed by atoms with van der Waals surface area (Å²) in [5.74, 6) is 0.732. The third kappa shape index (κ3) is 4.39. The van der Waals surface area contributed by atoms with Gasteiger partial charge in [-0.2, -0.15) is 0 Å². The molecular weight excluding hydrogens is 170 g/mol. The van der Waals surface area contributed by atoms with Crippen LogP contribution in [0.25, 0.3) is 0 Å². The van der Waals surface area contributed by atoms with Crippen LogP contribution in [0.15, 0.2) is 18.6 Å². The highest BCUT2D eigenvalue weighted by atomic mass is 16.5. The lowest BCUT2D eigenvalue weighted by atomic mass is 10.6. The fraction of sp³-hybridized carbons (Fsp3) is 0.500. The molecule has 0 unspecified atom stereocenters. The highest BCUT2D eigenvalue weighted by Crippen LogP contribution is 1.94. The van der Waals surface area contributed by atoms with Gasteiger partial charge < -0.3 is 15.2 Å². The van der Waals surface area contributed by atoms with Gasteiger partial charge in [-0.15, -0.1) is 0 Å². The summed E-state index contributed by atoms with van der Waals surface area (Å²) in [4.78, 5) is 7.91. The third-order valence-electron chi connectivity index (χ3n) is 1.35. The average molecular weight is 183 g/mol. The number of aromatic nitrogens is 2. The molecule has 0 saturated carbocycles. The molecule has 1 heterocycles. The molecule has 1 aromatic heterocycles. The van der Waals surface area contributed by atoms with E-state index < -0.39 is 0 Å². The number of hydrogen-bond acceptors (Lipinski definition) is 5. The van der Waals surface area contributed by atoms with Crippen LogP contribution in [0.1, 0.15) is 0 Å². The second kappa shape index (κ2) is 6.33. The molecule has 0 aromatic carbocycles. The van der Waals surface area contributed by atoms with E-state index in [1.54, 1.807) is 18.6 Å². The lowest BCUT2D eigenvalue weighted by Gasteiger charge is -2.04. The second-order valence-corrected chi connectivity index (χ2v) is 2.35. The maximum absolute atomic E-state index is 8.41. The molecule has 72 valence electrons. The van der Waals surface area contributed by atoms with Crippen LogP contribution in [0.5, 0.6) is 0 Å². The molecule has 0 fully saturated rings. The first-order valence-electron chi connectivity index (χ1n) is 4.12. The maximum atomic E-state index is 8.41. The number of anilines is 1. The highest BCUT2D eigenvalue weighted by molar-refractivity contribution is 5.29. The molecule has 0 radical (unpaired) electrons. The SMILES string of the molecule is OCCOCCNc1cnccn1. The van der Waals surface area contributed by atoms with Crippen molar-refractivity contribution in [2.75, 3.05) is 31.7 Å². The second-order valence-electron chi connectivity index (χ2n) is 2.35. The fourth-order valence-electron chi connectivity index (χ4n) is 0.808. The Morgan fingerprint density at radius 3 is 3.00 bits per heavy atom. The molecule has 0 atom stereocenters. The van der Waals surface area contributed by atoms with Crippen molar-refractivity contribution in [2.45, 2.75) is 0 Å². The van der Waals surface area contributed by atoms with Gasteiger partial charge >= 0.3 is 0 Å². The first kappa shape index (κ1) is 9.88. The number of ether oxygens (including phenoxy) is 1. The van der Waals surface area contributed by atoms with Crippen LogP contribution in [-0.4, -0.2) is 41.4 Å². The normalized spacial score (nSPS) is 9.92. The number of rotatable bonds is 6. The number of aliphatic hydroxyl groups is 1. The Kier molecular flexibility index (Phi) is 4.81. The third-order valence-corrected chi connectivity index (χ3v) is 1.35. The molecule has 0 aliphatic rings. The molecule has 0 aliphatic heterocycles.